The van der Waals surface area contributed by atoms with Gasteiger partial charge in [-0.2, -0.15) is 0 Å². The predicted octanol–water partition coefficient (Wildman–Crippen LogP) is 5.67. The van der Waals surface area contributed by atoms with E-state index in [9.17, 15) is 19.5 Å². The number of nitro groups is 1. The maximum atomic E-state index is 14.4. The van der Waals surface area contributed by atoms with Crippen LogP contribution < -0.4 is 4.90 Å². The van der Waals surface area contributed by atoms with Gasteiger partial charge in [-0.1, -0.05) is 76.6 Å². The number of nitrogens with zero attached hydrogens (tertiary/aromatic N) is 2. The zero-order valence-corrected chi connectivity index (χ0v) is 22.1. The van der Waals surface area contributed by atoms with E-state index in [0.29, 0.717) is 16.8 Å². The molecule has 0 bridgehead atoms. The van der Waals surface area contributed by atoms with Gasteiger partial charge in [0.15, 0.2) is 5.60 Å². The molecule has 4 rings (SSSR count). The first-order chi connectivity index (χ1) is 17.2. The SMILES string of the molecule is COP(=O)(OC)O[C@@]1([C@@H](C[N+](=O)[O-])c2ccc(Br)cc2)C(=O)N(Cc2ccccc2)c2ccccc21. The maximum Gasteiger partial charge on any atom is 0.475 e. The quantitative estimate of drug-likeness (QED) is 0.174. The number of rotatable bonds is 10. The molecule has 0 spiro atoms. The fourth-order valence-corrected chi connectivity index (χ4v) is 5.72. The standard InChI is InChI=1S/C25H24BrN2O7P/c1-33-36(32,34-2)35-25(22(17-28(30)31)19-12-14-20(26)15-13-19)21-10-6-7-11-23(21)27(24(25)29)16-18-8-4-3-5-9-18/h3-15,22H,16-17H2,1-2H3/t22-,25-/m0/s1. The van der Waals surface area contributed by atoms with Gasteiger partial charge in [0.2, 0.25) is 6.54 Å². The van der Waals surface area contributed by atoms with Crippen molar-refractivity contribution in [3.8, 4) is 0 Å². The van der Waals surface area contributed by atoms with Crippen molar-refractivity contribution in [3.05, 3.63) is 110 Å². The van der Waals surface area contributed by atoms with E-state index in [1.165, 1.54) is 4.90 Å². The van der Waals surface area contributed by atoms with Gasteiger partial charge in [-0.3, -0.25) is 28.5 Å². The minimum Gasteiger partial charge on any atom is -0.305 e. The van der Waals surface area contributed by atoms with Gasteiger partial charge in [-0.05, 0) is 29.3 Å². The summed E-state index contributed by atoms with van der Waals surface area (Å²) >= 11 is 3.37. The molecule has 11 heteroatoms. The monoisotopic (exact) mass is 574 g/mol. The van der Waals surface area contributed by atoms with Crippen LogP contribution in [0.1, 0.15) is 22.6 Å². The summed E-state index contributed by atoms with van der Waals surface area (Å²) in [5, 5.41) is 11.9. The number of anilines is 1. The van der Waals surface area contributed by atoms with Crippen LogP contribution in [0.4, 0.5) is 5.69 Å². The molecule has 0 saturated heterocycles. The van der Waals surface area contributed by atoms with E-state index in [-0.39, 0.29) is 6.54 Å². The van der Waals surface area contributed by atoms with E-state index in [0.717, 1.165) is 24.3 Å². The highest BCUT2D eigenvalue weighted by Gasteiger charge is 2.62. The molecule has 0 fully saturated rings. The third-order valence-electron chi connectivity index (χ3n) is 6.14. The largest absolute Gasteiger partial charge is 0.475 e. The fourth-order valence-electron chi connectivity index (χ4n) is 4.50. The van der Waals surface area contributed by atoms with Crippen LogP contribution in [0.3, 0.4) is 0 Å². The minimum atomic E-state index is -4.30. The van der Waals surface area contributed by atoms with Gasteiger partial charge in [0.25, 0.3) is 5.91 Å². The molecule has 1 amide bonds. The molecule has 188 valence electrons. The molecule has 3 aromatic carbocycles. The summed E-state index contributed by atoms with van der Waals surface area (Å²) in [5.74, 6) is -1.76. The number of fused-ring (bicyclic) bond motifs is 1. The van der Waals surface area contributed by atoms with Crippen molar-refractivity contribution < 1.29 is 27.9 Å². The van der Waals surface area contributed by atoms with Crippen molar-refractivity contribution >= 4 is 35.3 Å². The number of phosphoric acid groups is 1. The molecule has 0 aliphatic carbocycles. The van der Waals surface area contributed by atoms with Gasteiger partial charge in [-0.25, -0.2) is 4.57 Å². The Morgan fingerprint density at radius 1 is 1.00 bits per heavy atom. The molecule has 1 aliphatic rings. The molecular weight excluding hydrogens is 551 g/mol. The van der Waals surface area contributed by atoms with E-state index in [1.54, 1.807) is 48.5 Å². The summed E-state index contributed by atoms with van der Waals surface area (Å²) in [4.78, 5) is 27.3. The molecule has 0 radical (unpaired) electrons. The first-order valence-electron chi connectivity index (χ1n) is 11.0. The minimum absolute atomic E-state index is 0.178. The Kier molecular flexibility index (Phi) is 7.73. The normalized spacial score (nSPS) is 18.2. The third kappa shape index (κ3) is 4.87. The molecule has 0 saturated carbocycles. The Bertz CT molecular complexity index is 1300. The topological polar surface area (TPSA) is 108 Å². The molecule has 3 aromatic rings. The molecule has 0 aromatic heterocycles. The average molecular weight is 575 g/mol. The van der Waals surface area contributed by atoms with Crippen molar-refractivity contribution in [2.24, 2.45) is 0 Å². The van der Waals surface area contributed by atoms with Crippen LogP contribution in [0.2, 0.25) is 0 Å². The van der Waals surface area contributed by atoms with E-state index < -0.39 is 36.7 Å². The lowest BCUT2D eigenvalue weighted by Gasteiger charge is -2.36. The van der Waals surface area contributed by atoms with Crippen molar-refractivity contribution in [2.45, 2.75) is 18.1 Å². The number of halogens is 1. The highest BCUT2D eigenvalue weighted by molar-refractivity contribution is 9.10. The van der Waals surface area contributed by atoms with Gasteiger partial charge in [0, 0.05) is 29.2 Å². The number of carbonyl (C=O) groups excluding carboxylic acids is 1. The first-order valence-corrected chi connectivity index (χ1v) is 13.2. The number of benzene rings is 3. The Hall–Kier alpha value is -2.88. The average Bonchev–Trinajstić information content (AvgIpc) is 3.11. The lowest BCUT2D eigenvalue weighted by atomic mass is 9.78. The van der Waals surface area contributed by atoms with E-state index in [1.807, 2.05) is 30.3 Å². The molecule has 1 aliphatic heterocycles. The second-order valence-corrected chi connectivity index (χ2v) is 10.9. The van der Waals surface area contributed by atoms with Gasteiger partial charge < -0.3 is 4.90 Å². The molecule has 36 heavy (non-hydrogen) atoms. The number of phosphoric ester groups is 1. The Morgan fingerprint density at radius 3 is 2.22 bits per heavy atom. The van der Waals surface area contributed by atoms with Crippen LogP contribution >= 0.6 is 23.8 Å². The molecule has 1 heterocycles. The fraction of sp³-hybridized carbons (Fsp3) is 0.240. The van der Waals surface area contributed by atoms with Crippen LogP contribution in [0.15, 0.2) is 83.3 Å². The van der Waals surface area contributed by atoms with Crippen molar-refractivity contribution in [3.63, 3.8) is 0 Å². The highest BCUT2D eigenvalue weighted by Crippen LogP contribution is 2.61. The summed E-state index contributed by atoms with van der Waals surface area (Å²) in [6.07, 6.45) is 0. The molecule has 0 N–H and O–H groups in total. The van der Waals surface area contributed by atoms with E-state index in [4.69, 9.17) is 13.6 Å². The van der Waals surface area contributed by atoms with Gasteiger partial charge >= 0.3 is 7.82 Å². The smallest absolute Gasteiger partial charge is 0.305 e. The van der Waals surface area contributed by atoms with Crippen LogP contribution in [0.5, 0.6) is 0 Å². The molecule has 9 nitrogen and oxygen atoms in total. The van der Waals surface area contributed by atoms with Gasteiger partial charge in [0.1, 0.15) is 0 Å². The van der Waals surface area contributed by atoms with Crippen molar-refractivity contribution in [1.82, 2.24) is 0 Å². The Morgan fingerprint density at radius 2 is 1.61 bits per heavy atom. The first kappa shape index (κ1) is 26.2. The summed E-state index contributed by atoms with van der Waals surface area (Å²) in [6.45, 7) is -0.494. The van der Waals surface area contributed by atoms with Crippen LogP contribution in [0.25, 0.3) is 0 Å². The van der Waals surface area contributed by atoms with E-state index in [2.05, 4.69) is 15.9 Å². The van der Waals surface area contributed by atoms with Crippen LogP contribution in [-0.2, 0) is 35.1 Å². The maximum absolute atomic E-state index is 14.4. The number of carbonyl (C=O) groups is 1. The van der Waals surface area contributed by atoms with E-state index >= 15 is 0 Å². The Balaban J connectivity index is 1.97. The highest BCUT2D eigenvalue weighted by atomic mass is 79.9. The van der Waals surface area contributed by atoms with Crippen LogP contribution in [0, 0.1) is 10.1 Å². The predicted molar refractivity (Wildman–Crippen MR) is 137 cm³/mol. The van der Waals surface area contributed by atoms with Crippen LogP contribution in [-0.4, -0.2) is 31.6 Å². The molecular formula is C25H24BrN2O7P. The molecule has 0 unspecified atom stereocenters. The van der Waals surface area contributed by atoms with Crippen molar-refractivity contribution in [2.75, 3.05) is 25.7 Å². The molecule has 2 atom stereocenters. The summed E-state index contributed by atoms with van der Waals surface area (Å²) in [6, 6.07) is 22.9. The summed E-state index contributed by atoms with van der Waals surface area (Å²) < 4.78 is 30.3. The number of hydrogen-bond donors (Lipinski definition) is 0. The summed E-state index contributed by atoms with van der Waals surface area (Å²) in [5.41, 5.74) is 0.0740. The number of para-hydroxylation sites is 1. The lowest BCUT2D eigenvalue weighted by molar-refractivity contribution is -0.486. The Labute approximate surface area is 216 Å². The number of hydrogen-bond acceptors (Lipinski definition) is 7. The van der Waals surface area contributed by atoms with Crippen molar-refractivity contribution in [1.29, 1.82) is 0 Å². The second kappa shape index (κ2) is 10.6. The van der Waals surface area contributed by atoms with Gasteiger partial charge in [0.05, 0.1) is 18.2 Å². The zero-order chi connectivity index (χ0) is 25.9. The third-order valence-corrected chi connectivity index (χ3v) is 8.07. The second-order valence-electron chi connectivity index (χ2n) is 8.15. The summed E-state index contributed by atoms with van der Waals surface area (Å²) in [7, 11) is -2.04. The zero-order valence-electron chi connectivity index (χ0n) is 19.6. The number of amides is 1. The van der Waals surface area contributed by atoms with Gasteiger partial charge in [-0.15, -0.1) is 0 Å². The lowest BCUT2D eigenvalue weighted by Crippen LogP contribution is -2.48.